The van der Waals surface area contributed by atoms with E-state index in [-0.39, 0.29) is 0 Å². The molecule has 0 aliphatic rings. The number of rotatable bonds is 2. The fraction of sp³-hybridized carbons (Fsp3) is 0.438. The molecule has 0 aromatic heterocycles. The Morgan fingerprint density at radius 2 is 1.84 bits per heavy atom. The predicted molar refractivity (Wildman–Crippen MR) is 74.3 cm³/mol. The molecule has 3 heteroatoms. The normalized spacial score (nSPS) is 13.9. The topological polar surface area (TPSA) is 46.5 Å². The zero-order valence-electron chi connectivity index (χ0n) is 11.8. The van der Waals surface area contributed by atoms with Crippen LogP contribution in [0.1, 0.15) is 33.3 Å². The molecular formula is C16H20O3. The van der Waals surface area contributed by atoms with Gasteiger partial charge in [0, 0.05) is 5.56 Å². The van der Waals surface area contributed by atoms with Crippen LogP contribution in [0.3, 0.4) is 0 Å². The van der Waals surface area contributed by atoms with Gasteiger partial charge in [0.2, 0.25) is 0 Å². The van der Waals surface area contributed by atoms with Gasteiger partial charge in [-0.25, -0.2) is 0 Å². The molecule has 102 valence electrons. The fourth-order valence-corrected chi connectivity index (χ4v) is 1.33. The largest absolute Gasteiger partial charge is 0.460 e. The Hall–Kier alpha value is -1.79. The Labute approximate surface area is 114 Å². The second-order valence-electron chi connectivity index (χ2n) is 5.40. The number of hydrogen-bond acceptors (Lipinski definition) is 3. The van der Waals surface area contributed by atoms with Gasteiger partial charge >= 0.3 is 5.97 Å². The molecule has 0 aliphatic heterocycles. The van der Waals surface area contributed by atoms with Crippen LogP contribution in [-0.4, -0.2) is 22.8 Å². The molecule has 0 heterocycles. The van der Waals surface area contributed by atoms with Crippen LogP contribution in [-0.2, 0) is 9.53 Å². The number of aliphatic hydroxyl groups excluding tert-OH is 1. The van der Waals surface area contributed by atoms with Gasteiger partial charge in [0.1, 0.15) is 11.7 Å². The molecule has 0 fully saturated rings. The second kappa shape index (κ2) is 6.40. The molecule has 1 aromatic rings. The van der Waals surface area contributed by atoms with Crippen molar-refractivity contribution in [3.8, 4) is 11.8 Å². The van der Waals surface area contributed by atoms with E-state index < -0.39 is 23.6 Å². The highest BCUT2D eigenvalue weighted by molar-refractivity contribution is 5.73. The summed E-state index contributed by atoms with van der Waals surface area (Å²) in [4.78, 5) is 11.8. The predicted octanol–water partition coefficient (Wildman–Crippen LogP) is 2.38. The molecule has 0 bridgehead atoms. The third kappa shape index (κ3) is 5.58. The highest BCUT2D eigenvalue weighted by Gasteiger charge is 2.26. The van der Waals surface area contributed by atoms with E-state index in [0.717, 1.165) is 5.56 Å². The van der Waals surface area contributed by atoms with Crippen LogP contribution in [0, 0.1) is 17.8 Å². The van der Waals surface area contributed by atoms with E-state index in [1.165, 1.54) is 0 Å². The van der Waals surface area contributed by atoms with Gasteiger partial charge in [-0.05, 0) is 39.8 Å². The molecular weight excluding hydrogens is 240 g/mol. The number of carbonyl (C=O) groups is 1. The first-order valence-corrected chi connectivity index (χ1v) is 6.27. The van der Waals surface area contributed by atoms with Gasteiger partial charge in [-0.2, -0.15) is 0 Å². The monoisotopic (exact) mass is 260 g/mol. The third-order valence-corrected chi connectivity index (χ3v) is 2.39. The van der Waals surface area contributed by atoms with Crippen molar-refractivity contribution in [3.05, 3.63) is 35.9 Å². The third-order valence-electron chi connectivity index (χ3n) is 2.39. The summed E-state index contributed by atoms with van der Waals surface area (Å²) in [5, 5.41) is 9.87. The Kier molecular flexibility index (Phi) is 5.14. The van der Waals surface area contributed by atoms with Crippen molar-refractivity contribution in [1.29, 1.82) is 0 Å². The zero-order valence-corrected chi connectivity index (χ0v) is 11.8. The first-order valence-electron chi connectivity index (χ1n) is 6.27. The van der Waals surface area contributed by atoms with E-state index in [4.69, 9.17) is 4.74 Å². The molecule has 2 atom stereocenters. The van der Waals surface area contributed by atoms with E-state index in [0.29, 0.717) is 0 Å². The van der Waals surface area contributed by atoms with Gasteiger partial charge in [-0.1, -0.05) is 30.0 Å². The molecule has 1 rings (SSSR count). The lowest BCUT2D eigenvalue weighted by Gasteiger charge is -2.22. The minimum absolute atomic E-state index is 0.442. The summed E-state index contributed by atoms with van der Waals surface area (Å²) in [6.45, 7) is 6.98. The molecule has 0 aliphatic carbocycles. The first-order chi connectivity index (χ1) is 8.79. The van der Waals surface area contributed by atoms with E-state index >= 15 is 0 Å². The average Bonchev–Trinajstić information content (AvgIpc) is 2.34. The summed E-state index contributed by atoms with van der Waals surface area (Å²) in [6, 6.07) is 9.32. The summed E-state index contributed by atoms with van der Waals surface area (Å²) in [5.74, 6) is 4.39. The summed E-state index contributed by atoms with van der Waals surface area (Å²) in [7, 11) is 0. The second-order valence-corrected chi connectivity index (χ2v) is 5.40. The molecule has 0 spiro atoms. The van der Waals surface area contributed by atoms with Crippen LogP contribution in [0.2, 0.25) is 0 Å². The molecule has 1 N–H and O–H groups in total. The molecule has 0 unspecified atom stereocenters. The molecule has 0 amide bonds. The highest BCUT2D eigenvalue weighted by atomic mass is 16.6. The Morgan fingerprint density at radius 3 is 2.37 bits per heavy atom. The van der Waals surface area contributed by atoms with Crippen LogP contribution >= 0.6 is 0 Å². The minimum atomic E-state index is -1.03. The Bertz CT molecular complexity index is 474. The summed E-state index contributed by atoms with van der Waals surface area (Å²) in [6.07, 6.45) is -1.03. The smallest absolute Gasteiger partial charge is 0.312 e. The number of hydrogen-bond donors (Lipinski definition) is 1. The highest BCUT2D eigenvalue weighted by Crippen LogP contribution is 2.13. The van der Waals surface area contributed by atoms with Crippen LogP contribution < -0.4 is 0 Å². The van der Waals surface area contributed by atoms with Crippen molar-refractivity contribution in [3.63, 3.8) is 0 Å². The standard InChI is InChI=1S/C16H20O3/c1-12(15(18)19-16(2,3)4)14(17)11-10-13-8-6-5-7-9-13/h5-9,12,14,17H,1-4H3/t12-,14-/m0/s1. The summed E-state index contributed by atoms with van der Waals surface area (Å²) in [5.41, 5.74) is 0.246. The molecule has 1 aromatic carbocycles. The van der Waals surface area contributed by atoms with Crippen molar-refractivity contribution >= 4 is 5.97 Å². The van der Waals surface area contributed by atoms with Crippen molar-refractivity contribution in [2.45, 2.75) is 39.4 Å². The van der Waals surface area contributed by atoms with Gasteiger partial charge in [-0.15, -0.1) is 0 Å². The summed E-state index contributed by atoms with van der Waals surface area (Å²) >= 11 is 0. The number of ether oxygens (including phenoxy) is 1. The van der Waals surface area contributed by atoms with E-state index in [1.54, 1.807) is 27.7 Å². The zero-order chi connectivity index (χ0) is 14.5. The molecule has 0 saturated heterocycles. The van der Waals surface area contributed by atoms with Crippen molar-refractivity contribution in [2.24, 2.45) is 5.92 Å². The van der Waals surface area contributed by atoms with Gasteiger partial charge in [-0.3, -0.25) is 4.79 Å². The molecule has 0 radical (unpaired) electrons. The van der Waals surface area contributed by atoms with Gasteiger partial charge in [0.15, 0.2) is 0 Å². The van der Waals surface area contributed by atoms with Gasteiger partial charge < -0.3 is 9.84 Å². The quantitative estimate of drug-likeness (QED) is 0.656. The Morgan fingerprint density at radius 1 is 1.26 bits per heavy atom. The van der Waals surface area contributed by atoms with E-state index in [1.807, 2.05) is 30.3 Å². The number of aliphatic hydroxyl groups is 1. The average molecular weight is 260 g/mol. The maximum absolute atomic E-state index is 11.8. The first kappa shape index (κ1) is 15.3. The molecule has 3 nitrogen and oxygen atoms in total. The summed E-state index contributed by atoms with van der Waals surface area (Å²) < 4.78 is 5.21. The molecule has 0 saturated carbocycles. The SMILES string of the molecule is C[C@H](C(=O)OC(C)(C)C)[C@@H](O)C#Cc1ccccc1. The minimum Gasteiger partial charge on any atom is -0.460 e. The van der Waals surface area contributed by atoms with Gasteiger partial charge in [0.05, 0.1) is 5.92 Å². The maximum Gasteiger partial charge on any atom is 0.312 e. The van der Waals surface area contributed by atoms with Crippen LogP contribution in [0.5, 0.6) is 0 Å². The van der Waals surface area contributed by atoms with Crippen molar-refractivity contribution in [1.82, 2.24) is 0 Å². The number of esters is 1. The van der Waals surface area contributed by atoms with Crippen molar-refractivity contribution < 1.29 is 14.6 Å². The maximum atomic E-state index is 11.8. The van der Waals surface area contributed by atoms with Crippen LogP contribution in [0.15, 0.2) is 30.3 Å². The van der Waals surface area contributed by atoms with Gasteiger partial charge in [0.25, 0.3) is 0 Å². The lowest BCUT2D eigenvalue weighted by atomic mass is 10.0. The van der Waals surface area contributed by atoms with Crippen LogP contribution in [0.25, 0.3) is 0 Å². The Balaban J connectivity index is 2.66. The van der Waals surface area contributed by atoms with E-state index in [9.17, 15) is 9.90 Å². The fourth-order valence-electron chi connectivity index (χ4n) is 1.33. The lowest BCUT2D eigenvalue weighted by molar-refractivity contribution is -0.161. The molecule has 19 heavy (non-hydrogen) atoms. The lowest BCUT2D eigenvalue weighted by Crippen LogP contribution is -2.32. The number of carbonyl (C=O) groups excluding carboxylic acids is 1. The number of benzene rings is 1. The van der Waals surface area contributed by atoms with Crippen LogP contribution in [0.4, 0.5) is 0 Å². The van der Waals surface area contributed by atoms with E-state index in [2.05, 4.69) is 11.8 Å². The van der Waals surface area contributed by atoms with Crippen molar-refractivity contribution in [2.75, 3.05) is 0 Å².